The molecule has 4 aromatic rings. The zero-order valence-electron chi connectivity index (χ0n) is 42.2. The number of ether oxygens (including phenoxy) is 8. The predicted molar refractivity (Wildman–Crippen MR) is 297 cm³/mol. The third kappa shape index (κ3) is 14.0. The molecule has 0 saturated carbocycles. The molecule has 32 heteroatoms. The summed E-state index contributed by atoms with van der Waals surface area (Å²) in [5, 5.41) is 0.569. The molecule has 0 unspecified atom stereocenters. The molecule has 0 amide bonds. The molecule has 8 N–H and O–H groups in total. The van der Waals surface area contributed by atoms with Gasteiger partial charge in [-0.2, -0.15) is 0 Å². The van der Waals surface area contributed by atoms with Crippen LogP contribution in [0.1, 0.15) is 142 Å². The van der Waals surface area contributed by atoms with Crippen molar-refractivity contribution in [2.45, 2.75) is 96.4 Å². The summed E-state index contributed by atoms with van der Waals surface area (Å²) in [6.45, 7) is -2.77. The normalized spacial score (nSPS) is 19.1. The molecule has 0 fully saturated rings. The summed E-state index contributed by atoms with van der Waals surface area (Å²) >= 11 is 14.9. The van der Waals surface area contributed by atoms with E-state index in [0.29, 0.717) is 113 Å². The molecule has 4 heterocycles. The molecule has 0 atom stereocenters. The summed E-state index contributed by atoms with van der Waals surface area (Å²) in [4.78, 5) is 78.6. The number of halogens is 4. The second-order valence-corrected chi connectivity index (χ2v) is 26.2. The largest absolute Gasteiger partial charge is 0.469 e. The number of rotatable bonds is 24. The first-order chi connectivity index (χ1) is 38.0. The lowest BCUT2D eigenvalue weighted by Gasteiger charge is -2.37. The fourth-order valence-electron chi connectivity index (χ4n) is 11.3. The molecule has 4 aromatic carbocycles. The Kier molecular flexibility index (Phi) is 20.3. The van der Waals surface area contributed by atoms with Crippen molar-refractivity contribution in [3.05, 3.63) is 91.0 Å². The van der Waals surface area contributed by atoms with Crippen molar-refractivity contribution in [3.63, 3.8) is 0 Å². The molecule has 24 nitrogen and oxygen atoms in total. The molecule has 0 radical (unpaired) electrons. The lowest BCUT2D eigenvalue weighted by molar-refractivity contribution is 0.0949. The van der Waals surface area contributed by atoms with Gasteiger partial charge in [-0.25, -0.2) is 18.3 Å². The highest BCUT2D eigenvalue weighted by Crippen LogP contribution is 2.59. The fraction of sp³-hybridized carbons (Fsp3) is 0.500. The Morgan fingerprint density at radius 3 is 0.637 bits per heavy atom. The van der Waals surface area contributed by atoms with Gasteiger partial charge >= 0.3 is 31.3 Å². The smallest absolute Gasteiger partial charge is 0.457 e. The zero-order chi connectivity index (χ0) is 57.3. The highest BCUT2D eigenvalue weighted by atomic mass is 79.9. The van der Waals surface area contributed by atoms with E-state index < -0.39 is 55.0 Å². The monoisotopic (exact) mass is 1460 g/mol. The van der Waals surface area contributed by atoms with E-state index in [1.165, 1.54) is 0 Å². The van der Waals surface area contributed by atoms with E-state index in [1.807, 2.05) is 24.3 Å². The van der Waals surface area contributed by atoms with Gasteiger partial charge in [-0.1, -0.05) is 63.7 Å². The van der Waals surface area contributed by atoms with Crippen molar-refractivity contribution in [3.8, 4) is 46.0 Å². The maximum atomic E-state index is 12.1. The van der Waals surface area contributed by atoms with Crippen LogP contribution in [0.4, 0.5) is 0 Å². The van der Waals surface area contributed by atoms with Gasteiger partial charge in [-0.15, -0.1) is 0 Å². The van der Waals surface area contributed by atoms with E-state index >= 15 is 0 Å². The van der Waals surface area contributed by atoms with Crippen LogP contribution in [-0.2, 0) is 57.7 Å². The van der Waals surface area contributed by atoms with E-state index in [9.17, 15) is 57.4 Å². The summed E-state index contributed by atoms with van der Waals surface area (Å²) in [5.74, 6) is -0.0949. The zero-order valence-corrected chi connectivity index (χ0v) is 52.1. The highest BCUT2D eigenvalue weighted by Gasteiger charge is 2.42. The molecule has 0 saturated heterocycles. The number of phosphoric ester groups is 4. The number of phosphoric acid groups is 4. The predicted octanol–water partition coefficient (Wildman–Crippen LogP) is 10.6. The molecule has 0 spiro atoms. The first kappa shape index (κ1) is 62.2. The Morgan fingerprint density at radius 2 is 0.500 bits per heavy atom. The summed E-state index contributed by atoms with van der Waals surface area (Å²) < 4.78 is 122. The maximum Gasteiger partial charge on any atom is 0.469 e. The van der Waals surface area contributed by atoms with Crippen molar-refractivity contribution in [1.29, 1.82) is 0 Å². The highest BCUT2D eigenvalue weighted by molar-refractivity contribution is 9.09. The van der Waals surface area contributed by atoms with Crippen LogP contribution < -0.4 is 37.9 Å². The Balaban J connectivity index is 1.43. The van der Waals surface area contributed by atoms with Crippen molar-refractivity contribution >= 4 is 95.0 Å². The maximum absolute atomic E-state index is 12.1. The van der Waals surface area contributed by atoms with Gasteiger partial charge in [-0.3, -0.25) is 18.1 Å². The van der Waals surface area contributed by atoms with Gasteiger partial charge in [0.1, 0.15) is 46.0 Å². The summed E-state index contributed by atoms with van der Waals surface area (Å²) in [5.41, 5.74) is 6.90. The topological polar surface area (TPSA) is 341 Å². The average Bonchev–Trinajstić information content (AvgIpc) is 3.36. The standard InChI is InChI=1S/C48H56Br4O24P4/c49-17-37-41-29-13-31-26(6-2-10-74-78(56,57)58)33-15-35-28(8-4-12-76-80(62,63)64)36-16-34-27(7-3-11-75-79(59,60)61)32-14-30(25(29)5-1-9-73-77(53,54)55)42(66-21-65-41)38(18-50)44(32)68-23-70-46(34)40(20-52)48(36)72-24-71-47(35)39(19-51)45(33)69-22-67-43(31)37/h13-16,25-28H,1-12,17-24H2,(H2,53,54,55)(H2,56,57,58)(H2,59,60,61)(H2,62,63,64). The molecule has 80 heavy (non-hydrogen) atoms. The van der Waals surface area contributed by atoms with E-state index in [4.69, 9.17) is 56.0 Å². The molecule has 8 bridgehead atoms. The Bertz CT molecular complexity index is 2630. The first-order valence-corrected chi connectivity index (χ1v) is 35.5. The molecule has 9 rings (SSSR count). The molecule has 1 aliphatic carbocycles. The van der Waals surface area contributed by atoms with Crippen molar-refractivity contribution < 1.29 is 113 Å². The van der Waals surface area contributed by atoms with Crippen molar-refractivity contribution in [2.75, 3.05) is 53.6 Å². The molecule has 440 valence electrons. The van der Waals surface area contributed by atoms with E-state index in [0.717, 1.165) is 0 Å². The lowest BCUT2D eigenvalue weighted by Crippen LogP contribution is -2.25. The minimum absolute atomic E-state index is 0.0881. The fourth-order valence-corrected chi connectivity index (χ4v) is 14.8. The minimum atomic E-state index is -4.92. The Morgan fingerprint density at radius 1 is 0.338 bits per heavy atom. The van der Waals surface area contributed by atoms with Crippen LogP contribution in [0.5, 0.6) is 46.0 Å². The minimum Gasteiger partial charge on any atom is -0.457 e. The van der Waals surface area contributed by atoms with Gasteiger partial charge in [0.15, 0.2) is 0 Å². The van der Waals surface area contributed by atoms with Gasteiger partial charge in [0.2, 0.25) is 27.2 Å². The molecule has 4 aliphatic heterocycles. The van der Waals surface area contributed by atoms with Gasteiger partial charge in [0.05, 0.1) is 26.4 Å². The number of hydrogen-bond acceptors (Lipinski definition) is 16. The van der Waals surface area contributed by atoms with E-state index in [-0.39, 0.29) is 126 Å². The molecular formula is C48H56Br4O24P4. The van der Waals surface area contributed by atoms with Crippen LogP contribution >= 0.6 is 95.0 Å². The van der Waals surface area contributed by atoms with Crippen LogP contribution in [0.2, 0.25) is 0 Å². The van der Waals surface area contributed by atoms with Gasteiger partial charge in [0.25, 0.3) is 0 Å². The van der Waals surface area contributed by atoms with Gasteiger partial charge in [-0.05, 0) is 75.6 Å². The van der Waals surface area contributed by atoms with Crippen LogP contribution in [0.15, 0.2) is 24.3 Å². The first-order valence-electron chi connectivity index (χ1n) is 24.9. The molecule has 0 aromatic heterocycles. The summed E-state index contributed by atoms with van der Waals surface area (Å²) in [6, 6.07) is 7.76. The second-order valence-electron chi connectivity index (χ2n) is 19.0. The third-order valence-corrected chi connectivity index (χ3v) is 18.6. The van der Waals surface area contributed by atoms with Crippen LogP contribution in [0.25, 0.3) is 0 Å². The third-order valence-electron chi connectivity index (χ3n) is 14.3. The van der Waals surface area contributed by atoms with E-state index in [2.05, 4.69) is 63.7 Å². The number of benzene rings is 4. The van der Waals surface area contributed by atoms with Crippen molar-refractivity contribution in [2.24, 2.45) is 0 Å². The van der Waals surface area contributed by atoms with E-state index in [1.54, 1.807) is 0 Å². The number of hydrogen-bond donors (Lipinski definition) is 8. The Hall–Kier alpha value is -2.36. The lowest BCUT2D eigenvalue weighted by atomic mass is 9.74. The Labute approximate surface area is 492 Å². The molecular weight excluding hydrogens is 1400 g/mol. The number of alkyl halides is 4. The van der Waals surface area contributed by atoms with Gasteiger partial charge < -0.3 is 77.0 Å². The van der Waals surface area contributed by atoms with Crippen LogP contribution in [-0.4, -0.2) is 92.7 Å². The average molecular weight is 1460 g/mol. The second kappa shape index (κ2) is 26.1. The summed E-state index contributed by atoms with van der Waals surface area (Å²) in [6.07, 6.45) is 1.02. The van der Waals surface area contributed by atoms with Crippen LogP contribution in [0, 0.1) is 0 Å². The van der Waals surface area contributed by atoms with Crippen LogP contribution in [0.3, 0.4) is 0 Å². The van der Waals surface area contributed by atoms with Crippen molar-refractivity contribution in [1.82, 2.24) is 0 Å². The quantitative estimate of drug-likeness (QED) is 0.0184. The summed E-state index contributed by atoms with van der Waals surface area (Å²) in [7, 11) is -19.7. The SMILES string of the molecule is O=P(O)(O)OCCCC1c2cc3c4c(CBr)c2OCOc2c1cc1c(c2CBr)OCOc2c(cc5c(c2CBr)OCOc2c(cc(c(c2CBr)OCO4)C3CCCOP(=O)(O)O)C5CCCOP(=O)(O)O)C1CCCOP(=O)(O)O. The molecule has 5 aliphatic rings. The van der Waals surface area contributed by atoms with Gasteiger partial charge in [0, 0.05) is 112 Å².